The average molecular weight is 204 g/mol. The Hall–Kier alpha value is -1.09. The van der Waals surface area contributed by atoms with E-state index in [0.717, 1.165) is 26.0 Å². The van der Waals surface area contributed by atoms with Crippen LogP contribution in [0.4, 0.5) is 0 Å². The lowest BCUT2D eigenvalue weighted by Gasteiger charge is -2.24. The molecule has 1 aliphatic heterocycles. The van der Waals surface area contributed by atoms with Gasteiger partial charge in [0.15, 0.2) is 0 Å². The standard InChI is InChI=1S/C12H16N2O/c1-12(2)11-9-5-3-6-10(9)13-14(11)7-4-8-15-12/h3,5H,4,6-8H2,1-2H3. The number of fused-ring (bicyclic) bond motifs is 3. The molecule has 2 heterocycles. The van der Waals surface area contributed by atoms with E-state index in [-0.39, 0.29) is 5.60 Å². The van der Waals surface area contributed by atoms with Gasteiger partial charge in [0.05, 0.1) is 11.4 Å². The zero-order valence-corrected chi connectivity index (χ0v) is 9.29. The van der Waals surface area contributed by atoms with E-state index in [0.29, 0.717) is 0 Å². The Bertz CT molecular complexity index is 429. The minimum Gasteiger partial charge on any atom is -0.369 e. The summed E-state index contributed by atoms with van der Waals surface area (Å²) in [6.45, 7) is 6.09. The van der Waals surface area contributed by atoms with E-state index in [1.807, 2.05) is 0 Å². The number of ether oxygens (including phenoxy) is 1. The van der Waals surface area contributed by atoms with Crippen LogP contribution in [0.2, 0.25) is 0 Å². The van der Waals surface area contributed by atoms with Gasteiger partial charge in [-0.15, -0.1) is 0 Å². The number of aromatic nitrogens is 2. The van der Waals surface area contributed by atoms with Crippen molar-refractivity contribution < 1.29 is 4.74 Å². The topological polar surface area (TPSA) is 27.1 Å². The van der Waals surface area contributed by atoms with Crippen LogP contribution in [-0.2, 0) is 23.3 Å². The van der Waals surface area contributed by atoms with E-state index in [2.05, 4.69) is 35.8 Å². The Balaban J connectivity index is 2.21. The Kier molecular flexibility index (Phi) is 1.80. The van der Waals surface area contributed by atoms with Crippen LogP contribution in [0, 0.1) is 0 Å². The smallest absolute Gasteiger partial charge is 0.105 e. The fourth-order valence-corrected chi connectivity index (χ4v) is 2.55. The molecular weight excluding hydrogens is 188 g/mol. The maximum Gasteiger partial charge on any atom is 0.105 e. The highest BCUT2D eigenvalue weighted by atomic mass is 16.5. The van der Waals surface area contributed by atoms with Gasteiger partial charge < -0.3 is 4.74 Å². The van der Waals surface area contributed by atoms with Crippen LogP contribution in [0.1, 0.15) is 37.2 Å². The van der Waals surface area contributed by atoms with Crippen molar-refractivity contribution in [2.45, 2.75) is 38.8 Å². The maximum atomic E-state index is 5.91. The molecular formula is C12H16N2O. The molecule has 0 unspecified atom stereocenters. The van der Waals surface area contributed by atoms with E-state index in [4.69, 9.17) is 4.74 Å². The molecule has 1 aromatic rings. The first kappa shape index (κ1) is 9.16. The average Bonchev–Trinajstić information content (AvgIpc) is 2.67. The van der Waals surface area contributed by atoms with E-state index in [1.165, 1.54) is 17.0 Å². The van der Waals surface area contributed by atoms with Gasteiger partial charge >= 0.3 is 0 Å². The molecule has 0 fully saturated rings. The molecule has 0 aromatic carbocycles. The van der Waals surface area contributed by atoms with Crippen molar-refractivity contribution in [2.75, 3.05) is 6.61 Å². The predicted octanol–water partition coefficient (Wildman–Crippen LogP) is 2.11. The van der Waals surface area contributed by atoms with Crippen molar-refractivity contribution in [2.24, 2.45) is 0 Å². The SMILES string of the molecule is CC1(C)OCCCn2nc3c(c21)C=CC3. The van der Waals surface area contributed by atoms with E-state index < -0.39 is 0 Å². The summed E-state index contributed by atoms with van der Waals surface area (Å²) in [6.07, 6.45) is 6.40. The molecule has 2 aliphatic rings. The molecule has 15 heavy (non-hydrogen) atoms. The first-order valence-corrected chi connectivity index (χ1v) is 5.59. The number of nitrogens with zero attached hydrogens (tertiary/aromatic N) is 2. The highest BCUT2D eigenvalue weighted by molar-refractivity contribution is 5.61. The van der Waals surface area contributed by atoms with E-state index in [1.54, 1.807) is 0 Å². The predicted molar refractivity (Wildman–Crippen MR) is 58.6 cm³/mol. The molecule has 3 nitrogen and oxygen atoms in total. The van der Waals surface area contributed by atoms with Gasteiger partial charge in [0.25, 0.3) is 0 Å². The summed E-state index contributed by atoms with van der Waals surface area (Å²) in [5.74, 6) is 0. The molecule has 80 valence electrons. The lowest BCUT2D eigenvalue weighted by atomic mass is 10.00. The summed E-state index contributed by atoms with van der Waals surface area (Å²) in [4.78, 5) is 0. The lowest BCUT2D eigenvalue weighted by molar-refractivity contribution is -0.0192. The summed E-state index contributed by atoms with van der Waals surface area (Å²) in [5, 5.41) is 4.66. The van der Waals surface area contributed by atoms with Crippen molar-refractivity contribution in [3.63, 3.8) is 0 Å². The van der Waals surface area contributed by atoms with Gasteiger partial charge in [-0.05, 0) is 20.3 Å². The quantitative estimate of drug-likeness (QED) is 0.647. The zero-order valence-electron chi connectivity index (χ0n) is 9.29. The highest BCUT2D eigenvalue weighted by Gasteiger charge is 2.33. The molecule has 0 saturated heterocycles. The fourth-order valence-electron chi connectivity index (χ4n) is 2.55. The van der Waals surface area contributed by atoms with Gasteiger partial charge in [0, 0.05) is 25.1 Å². The third kappa shape index (κ3) is 1.26. The summed E-state index contributed by atoms with van der Waals surface area (Å²) in [7, 11) is 0. The number of aryl methyl sites for hydroxylation is 1. The minimum atomic E-state index is -0.203. The molecule has 3 heteroatoms. The molecule has 0 bridgehead atoms. The van der Waals surface area contributed by atoms with Crippen LogP contribution >= 0.6 is 0 Å². The van der Waals surface area contributed by atoms with Crippen molar-refractivity contribution >= 4 is 6.08 Å². The fraction of sp³-hybridized carbons (Fsp3) is 0.583. The first-order valence-electron chi connectivity index (χ1n) is 5.59. The zero-order chi connectivity index (χ0) is 10.5. The Morgan fingerprint density at radius 1 is 1.47 bits per heavy atom. The van der Waals surface area contributed by atoms with Crippen LogP contribution in [0.25, 0.3) is 6.08 Å². The van der Waals surface area contributed by atoms with Gasteiger partial charge in [-0.1, -0.05) is 12.2 Å². The second-order valence-corrected chi connectivity index (χ2v) is 4.75. The second kappa shape index (κ2) is 2.95. The molecule has 0 spiro atoms. The maximum absolute atomic E-state index is 5.91. The number of allylic oxidation sites excluding steroid dienone is 1. The van der Waals surface area contributed by atoms with Crippen molar-refractivity contribution in [3.05, 3.63) is 23.0 Å². The third-order valence-corrected chi connectivity index (χ3v) is 3.21. The van der Waals surface area contributed by atoms with Crippen LogP contribution in [0.15, 0.2) is 6.08 Å². The van der Waals surface area contributed by atoms with E-state index in [9.17, 15) is 0 Å². The van der Waals surface area contributed by atoms with E-state index >= 15 is 0 Å². The number of rotatable bonds is 0. The normalized spacial score (nSPS) is 22.3. The molecule has 0 radical (unpaired) electrons. The minimum absolute atomic E-state index is 0.203. The van der Waals surface area contributed by atoms with Crippen LogP contribution in [0.5, 0.6) is 0 Å². The van der Waals surface area contributed by atoms with Gasteiger partial charge in [0.1, 0.15) is 5.60 Å². The van der Waals surface area contributed by atoms with Crippen LogP contribution in [0.3, 0.4) is 0 Å². The summed E-state index contributed by atoms with van der Waals surface area (Å²) >= 11 is 0. The monoisotopic (exact) mass is 204 g/mol. The largest absolute Gasteiger partial charge is 0.369 e. The van der Waals surface area contributed by atoms with Crippen molar-refractivity contribution in [1.29, 1.82) is 0 Å². The van der Waals surface area contributed by atoms with Gasteiger partial charge in [-0.25, -0.2) is 0 Å². The first-order chi connectivity index (χ1) is 7.18. The molecule has 3 rings (SSSR count). The summed E-state index contributed by atoms with van der Waals surface area (Å²) in [5.41, 5.74) is 3.56. The van der Waals surface area contributed by atoms with Crippen molar-refractivity contribution in [3.8, 4) is 0 Å². The van der Waals surface area contributed by atoms with Gasteiger partial charge in [-0.2, -0.15) is 5.10 Å². The van der Waals surface area contributed by atoms with Crippen LogP contribution < -0.4 is 0 Å². The third-order valence-electron chi connectivity index (χ3n) is 3.21. The molecule has 0 saturated carbocycles. The van der Waals surface area contributed by atoms with Gasteiger partial charge in [0.2, 0.25) is 0 Å². The highest BCUT2D eigenvalue weighted by Crippen LogP contribution is 2.35. The molecule has 1 aromatic heterocycles. The lowest BCUT2D eigenvalue weighted by Crippen LogP contribution is -2.24. The molecule has 0 amide bonds. The summed E-state index contributed by atoms with van der Waals surface area (Å²) in [6, 6.07) is 0. The molecule has 0 N–H and O–H groups in total. The van der Waals surface area contributed by atoms with Crippen LogP contribution in [-0.4, -0.2) is 16.4 Å². The Morgan fingerprint density at radius 2 is 2.33 bits per heavy atom. The summed E-state index contributed by atoms with van der Waals surface area (Å²) < 4.78 is 8.05. The number of hydrogen-bond donors (Lipinski definition) is 0. The van der Waals surface area contributed by atoms with Crippen molar-refractivity contribution in [1.82, 2.24) is 9.78 Å². The Morgan fingerprint density at radius 3 is 3.20 bits per heavy atom. The number of hydrogen-bond acceptors (Lipinski definition) is 2. The second-order valence-electron chi connectivity index (χ2n) is 4.75. The molecule has 1 aliphatic carbocycles. The molecule has 0 atom stereocenters. The van der Waals surface area contributed by atoms with Gasteiger partial charge in [-0.3, -0.25) is 4.68 Å². The Labute approximate surface area is 89.7 Å².